The highest BCUT2D eigenvalue weighted by atomic mass is 32.2. The monoisotopic (exact) mass is 276 g/mol. The zero-order chi connectivity index (χ0) is 13.6. The number of nitrogens with one attached hydrogen (secondary N) is 1. The first-order chi connectivity index (χ1) is 8.43. The highest BCUT2D eigenvalue weighted by Gasteiger charge is 2.18. The van der Waals surface area contributed by atoms with Gasteiger partial charge < -0.3 is 5.32 Å². The van der Waals surface area contributed by atoms with Crippen molar-refractivity contribution in [2.24, 2.45) is 5.92 Å². The summed E-state index contributed by atoms with van der Waals surface area (Å²) >= 11 is 0. The Morgan fingerprint density at radius 2 is 2.06 bits per heavy atom. The van der Waals surface area contributed by atoms with E-state index < -0.39 is 10.0 Å². The molecule has 0 spiro atoms. The van der Waals surface area contributed by atoms with Gasteiger partial charge in [-0.2, -0.15) is 0 Å². The molecule has 2 atom stereocenters. The predicted octanol–water partition coefficient (Wildman–Crippen LogP) is 1.83. The van der Waals surface area contributed by atoms with Gasteiger partial charge in [-0.3, -0.25) is 0 Å². The second-order valence-corrected chi connectivity index (χ2v) is 7.51. The normalized spacial score (nSPS) is 25.6. The van der Waals surface area contributed by atoms with Crippen LogP contribution >= 0.6 is 0 Å². The molecular formula is C13H28N2O2S. The quantitative estimate of drug-likeness (QED) is 0.722. The van der Waals surface area contributed by atoms with Gasteiger partial charge in [0.15, 0.2) is 0 Å². The minimum Gasteiger partial charge on any atom is -0.314 e. The van der Waals surface area contributed by atoms with E-state index in [9.17, 15) is 8.42 Å². The fourth-order valence-corrected chi connectivity index (χ4v) is 3.67. The molecule has 0 bridgehead atoms. The molecule has 0 aliphatic heterocycles. The molecule has 1 rings (SSSR count). The van der Waals surface area contributed by atoms with Crippen molar-refractivity contribution in [1.82, 2.24) is 9.62 Å². The van der Waals surface area contributed by atoms with Gasteiger partial charge in [-0.05, 0) is 31.7 Å². The average Bonchev–Trinajstić information content (AvgIpc) is 2.27. The van der Waals surface area contributed by atoms with E-state index in [2.05, 4.69) is 12.2 Å². The van der Waals surface area contributed by atoms with Crippen molar-refractivity contribution in [3.05, 3.63) is 0 Å². The predicted molar refractivity (Wildman–Crippen MR) is 76.1 cm³/mol. The van der Waals surface area contributed by atoms with E-state index in [0.717, 1.165) is 18.9 Å². The van der Waals surface area contributed by atoms with Gasteiger partial charge in [-0.1, -0.05) is 26.7 Å². The van der Waals surface area contributed by atoms with Gasteiger partial charge in [-0.15, -0.1) is 0 Å². The summed E-state index contributed by atoms with van der Waals surface area (Å²) in [6.45, 7) is 6.32. The van der Waals surface area contributed by atoms with Crippen LogP contribution in [-0.4, -0.2) is 44.7 Å². The van der Waals surface area contributed by atoms with E-state index in [1.54, 1.807) is 0 Å². The van der Waals surface area contributed by atoms with Crippen molar-refractivity contribution in [1.29, 1.82) is 0 Å². The Balaban J connectivity index is 2.18. The lowest BCUT2D eigenvalue weighted by molar-refractivity contribution is 0.298. The Kier molecular flexibility index (Phi) is 6.60. The standard InChI is InChI=1S/C13H28N2O2S/c1-4-15(18(3,16)17)10-6-9-14-13-8-5-7-12(2)11-13/h12-14H,4-11H2,1-3H3. The third-order valence-corrected chi connectivity index (χ3v) is 5.15. The molecule has 1 aliphatic carbocycles. The van der Waals surface area contributed by atoms with Gasteiger partial charge in [0.25, 0.3) is 0 Å². The highest BCUT2D eigenvalue weighted by Crippen LogP contribution is 2.23. The van der Waals surface area contributed by atoms with Crippen molar-refractivity contribution < 1.29 is 8.42 Å². The molecule has 1 saturated carbocycles. The topological polar surface area (TPSA) is 49.4 Å². The van der Waals surface area contributed by atoms with Gasteiger partial charge >= 0.3 is 0 Å². The van der Waals surface area contributed by atoms with Crippen molar-refractivity contribution in [3.63, 3.8) is 0 Å². The maximum atomic E-state index is 11.4. The number of hydrogen-bond donors (Lipinski definition) is 1. The second-order valence-electron chi connectivity index (χ2n) is 5.53. The van der Waals surface area contributed by atoms with E-state index in [-0.39, 0.29) is 0 Å². The van der Waals surface area contributed by atoms with E-state index in [1.807, 2.05) is 6.92 Å². The first kappa shape index (κ1) is 15.9. The van der Waals surface area contributed by atoms with Crippen LogP contribution in [0.5, 0.6) is 0 Å². The van der Waals surface area contributed by atoms with Crippen LogP contribution in [0.3, 0.4) is 0 Å². The average molecular weight is 276 g/mol. The molecule has 0 radical (unpaired) electrons. The summed E-state index contributed by atoms with van der Waals surface area (Å²) in [7, 11) is -3.02. The summed E-state index contributed by atoms with van der Waals surface area (Å²) in [5, 5.41) is 3.56. The van der Waals surface area contributed by atoms with Gasteiger partial charge in [0.1, 0.15) is 0 Å². The van der Waals surface area contributed by atoms with Crippen molar-refractivity contribution in [2.75, 3.05) is 25.9 Å². The molecule has 18 heavy (non-hydrogen) atoms. The molecule has 0 amide bonds. The van der Waals surface area contributed by atoms with Gasteiger partial charge in [0.05, 0.1) is 6.26 Å². The summed E-state index contributed by atoms with van der Waals surface area (Å²) in [6, 6.07) is 0.641. The Morgan fingerprint density at radius 3 is 2.61 bits per heavy atom. The highest BCUT2D eigenvalue weighted by molar-refractivity contribution is 7.88. The molecule has 1 aliphatic rings. The Morgan fingerprint density at radius 1 is 1.33 bits per heavy atom. The van der Waals surface area contributed by atoms with E-state index >= 15 is 0 Å². The lowest BCUT2D eigenvalue weighted by Gasteiger charge is -2.28. The molecule has 5 heteroatoms. The van der Waals surface area contributed by atoms with Crippen molar-refractivity contribution >= 4 is 10.0 Å². The summed E-state index contributed by atoms with van der Waals surface area (Å²) in [6.07, 6.45) is 7.40. The van der Waals surface area contributed by atoms with Gasteiger partial charge in [0, 0.05) is 19.1 Å². The molecule has 4 nitrogen and oxygen atoms in total. The molecular weight excluding hydrogens is 248 g/mol. The smallest absolute Gasteiger partial charge is 0.211 e. The van der Waals surface area contributed by atoms with Crippen LogP contribution in [0.2, 0.25) is 0 Å². The number of sulfonamides is 1. The summed E-state index contributed by atoms with van der Waals surface area (Å²) in [5.74, 6) is 0.833. The van der Waals surface area contributed by atoms with E-state index in [1.165, 1.54) is 36.2 Å². The lowest BCUT2D eigenvalue weighted by atomic mass is 9.87. The molecule has 1 fully saturated rings. The first-order valence-electron chi connectivity index (χ1n) is 7.12. The largest absolute Gasteiger partial charge is 0.314 e. The maximum Gasteiger partial charge on any atom is 0.211 e. The third kappa shape index (κ3) is 5.67. The van der Waals surface area contributed by atoms with Gasteiger partial charge in [-0.25, -0.2) is 12.7 Å². The molecule has 0 aromatic heterocycles. The van der Waals surface area contributed by atoms with Crippen LogP contribution in [-0.2, 0) is 10.0 Å². The molecule has 108 valence electrons. The van der Waals surface area contributed by atoms with Gasteiger partial charge in [0.2, 0.25) is 10.0 Å². The fourth-order valence-electron chi connectivity index (χ4n) is 2.74. The minimum atomic E-state index is -3.02. The van der Waals surface area contributed by atoms with Crippen LogP contribution in [0.15, 0.2) is 0 Å². The number of rotatable bonds is 7. The lowest BCUT2D eigenvalue weighted by Crippen LogP contribution is -2.36. The molecule has 1 N–H and O–H groups in total. The zero-order valence-electron chi connectivity index (χ0n) is 12.0. The zero-order valence-corrected chi connectivity index (χ0v) is 12.8. The molecule has 0 heterocycles. The third-order valence-electron chi connectivity index (χ3n) is 3.78. The Hall–Kier alpha value is -0.130. The Labute approximate surface area is 112 Å². The molecule has 2 unspecified atom stereocenters. The van der Waals surface area contributed by atoms with Crippen LogP contribution in [0.4, 0.5) is 0 Å². The van der Waals surface area contributed by atoms with Crippen LogP contribution in [0, 0.1) is 5.92 Å². The minimum absolute atomic E-state index is 0.569. The van der Waals surface area contributed by atoms with Crippen LogP contribution < -0.4 is 5.32 Å². The number of nitrogens with zero attached hydrogens (tertiary/aromatic N) is 1. The summed E-state index contributed by atoms with van der Waals surface area (Å²) in [4.78, 5) is 0. The molecule has 0 aromatic rings. The Bertz CT molecular complexity index is 330. The fraction of sp³-hybridized carbons (Fsp3) is 1.00. The number of hydrogen-bond acceptors (Lipinski definition) is 3. The van der Waals surface area contributed by atoms with Crippen molar-refractivity contribution in [2.45, 2.75) is 52.0 Å². The van der Waals surface area contributed by atoms with Crippen LogP contribution in [0.25, 0.3) is 0 Å². The van der Waals surface area contributed by atoms with E-state index in [4.69, 9.17) is 0 Å². The van der Waals surface area contributed by atoms with Crippen molar-refractivity contribution in [3.8, 4) is 0 Å². The molecule has 0 saturated heterocycles. The maximum absolute atomic E-state index is 11.4. The second kappa shape index (κ2) is 7.46. The SMILES string of the molecule is CCN(CCCNC1CCCC(C)C1)S(C)(=O)=O. The first-order valence-corrected chi connectivity index (χ1v) is 8.96. The van der Waals surface area contributed by atoms with Crippen LogP contribution in [0.1, 0.15) is 46.0 Å². The van der Waals surface area contributed by atoms with E-state index in [0.29, 0.717) is 19.1 Å². The summed E-state index contributed by atoms with van der Waals surface area (Å²) < 4.78 is 24.4. The summed E-state index contributed by atoms with van der Waals surface area (Å²) in [5.41, 5.74) is 0. The molecule has 0 aromatic carbocycles.